The van der Waals surface area contributed by atoms with E-state index >= 15 is 0 Å². The average Bonchev–Trinajstić information content (AvgIpc) is 2.17. The quantitative estimate of drug-likeness (QED) is 0.719. The van der Waals surface area contributed by atoms with Gasteiger partial charge in [-0.25, -0.2) is 8.42 Å². The Labute approximate surface area is 103 Å². The number of nitrogens with one attached hydrogen (secondary N) is 1. The average molecular weight is 263 g/mol. The molecule has 0 aliphatic heterocycles. The van der Waals surface area contributed by atoms with Crippen molar-refractivity contribution in [3.63, 3.8) is 0 Å². The van der Waals surface area contributed by atoms with E-state index in [1.807, 2.05) is 0 Å². The zero-order valence-electron chi connectivity index (χ0n) is 10.5. The third-order valence-electron chi connectivity index (χ3n) is 3.23. The summed E-state index contributed by atoms with van der Waals surface area (Å²) in [6, 6.07) is 0. The van der Waals surface area contributed by atoms with Crippen molar-refractivity contribution in [3.05, 3.63) is 0 Å². The number of ether oxygens (including phenoxy) is 1. The lowest BCUT2D eigenvalue weighted by atomic mass is 9.69. The Morgan fingerprint density at radius 2 is 2.06 bits per heavy atom. The van der Waals surface area contributed by atoms with Gasteiger partial charge in [0.05, 0.1) is 12.4 Å². The minimum atomic E-state index is -3.06. The van der Waals surface area contributed by atoms with Crippen molar-refractivity contribution in [3.8, 4) is 0 Å². The van der Waals surface area contributed by atoms with Crippen molar-refractivity contribution in [2.75, 3.05) is 32.3 Å². The summed E-state index contributed by atoms with van der Waals surface area (Å²) in [5.41, 5.74) is 0.0789. The Hall–Kier alpha value is -0.620. The minimum Gasteiger partial charge on any atom is -0.384 e. The van der Waals surface area contributed by atoms with Crippen LogP contribution in [-0.2, 0) is 19.4 Å². The maximum Gasteiger partial charge on any atom is 0.221 e. The molecule has 1 fully saturated rings. The molecule has 1 saturated carbocycles. The molecule has 0 heterocycles. The van der Waals surface area contributed by atoms with Gasteiger partial charge >= 0.3 is 0 Å². The van der Waals surface area contributed by atoms with E-state index < -0.39 is 9.84 Å². The molecule has 6 heteroatoms. The van der Waals surface area contributed by atoms with Gasteiger partial charge in [0.25, 0.3) is 0 Å². The van der Waals surface area contributed by atoms with Crippen LogP contribution in [0.2, 0.25) is 0 Å². The van der Waals surface area contributed by atoms with Crippen LogP contribution in [0.4, 0.5) is 0 Å². The van der Waals surface area contributed by atoms with Crippen molar-refractivity contribution >= 4 is 15.7 Å². The van der Waals surface area contributed by atoms with Crippen LogP contribution in [0.1, 0.15) is 25.7 Å². The van der Waals surface area contributed by atoms with Gasteiger partial charge in [0.15, 0.2) is 0 Å². The highest BCUT2D eigenvalue weighted by Gasteiger charge is 2.37. The van der Waals surface area contributed by atoms with Gasteiger partial charge in [-0.15, -0.1) is 0 Å². The Balaban J connectivity index is 2.27. The molecule has 0 bridgehead atoms. The van der Waals surface area contributed by atoms with Crippen LogP contribution < -0.4 is 5.32 Å². The fourth-order valence-corrected chi connectivity index (χ4v) is 2.56. The molecule has 0 atom stereocenters. The topological polar surface area (TPSA) is 72.5 Å². The molecule has 1 aliphatic carbocycles. The summed E-state index contributed by atoms with van der Waals surface area (Å²) in [7, 11) is -1.40. The largest absolute Gasteiger partial charge is 0.384 e. The molecule has 5 nitrogen and oxygen atoms in total. The first-order chi connectivity index (χ1) is 7.87. The smallest absolute Gasteiger partial charge is 0.221 e. The molecule has 0 saturated heterocycles. The number of hydrogen-bond acceptors (Lipinski definition) is 4. The molecule has 0 aromatic carbocycles. The maximum atomic E-state index is 11.5. The Kier molecular flexibility index (Phi) is 4.94. The van der Waals surface area contributed by atoms with Crippen LogP contribution in [0.15, 0.2) is 0 Å². The summed E-state index contributed by atoms with van der Waals surface area (Å²) in [6.07, 6.45) is 4.48. The molecule has 0 aromatic heterocycles. The summed E-state index contributed by atoms with van der Waals surface area (Å²) in [5, 5.41) is 2.80. The summed E-state index contributed by atoms with van der Waals surface area (Å²) in [5.74, 6) is -0.284. The SMILES string of the molecule is COCC1(CNC(=O)CCS(C)(=O)=O)CCC1. The molecule has 0 unspecified atom stereocenters. The van der Waals surface area contributed by atoms with E-state index in [-0.39, 0.29) is 23.5 Å². The number of sulfone groups is 1. The molecule has 17 heavy (non-hydrogen) atoms. The Bertz CT molecular complexity index is 360. The van der Waals surface area contributed by atoms with Crippen molar-refractivity contribution in [2.45, 2.75) is 25.7 Å². The highest BCUT2D eigenvalue weighted by atomic mass is 32.2. The van der Waals surface area contributed by atoms with Gasteiger partial charge in [-0.2, -0.15) is 0 Å². The van der Waals surface area contributed by atoms with Gasteiger partial charge in [0, 0.05) is 31.7 Å². The molecular formula is C11H21NO4S. The highest BCUT2D eigenvalue weighted by Crippen LogP contribution is 2.40. The predicted molar refractivity (Wildman–Crippen MR) is 65.5 cm³/mol. The van der Waals surface area contributed by atoms with Crippen molar-refractivity contribution in [1.29, 1.82) is 0 Å². The third kappa shape index (κ3) is 5.04. The van der Waals surface area contributed by atoms with Crippen LogP contribution >= 0.6 is 0 Å². The van der Waals surface area contributed by atoms with Crippen molar-refractivity contribution < 1.29 is 17.9 Å². The summed E-state index contributed by atoms with van der Waals surface area (Å²) < 4.78 is 27.0. The van der Waals surface area contributed by atoms with Gasteiger partial charge < -0.3 is 10.1 Å². The van der Waals surface area contributed by atoms with Crippen LogP contribution in [0, 0.1) is 5.41 Å². The number of hydrogen-bond donors (Lipinski definition) is 1. The fourth-order valence-electron chi connectivity index (χ4n) is 2.01. The van der Waals surface area contributed by atoms with Gasteiger partial charge in [0.2, 0.25) is 5.91 Å². The first-order valence-corrected chi connectivity index (χ1v) is 7.86. The molecular weight excluding hydrogens is 242 g/mol. The molecule has 1 amide bonds. The molecule has 1 aliphatic rings. The van der Waals surface area contributed by atoms with Crippen LogP contribution in [0.3, 0.4) is 0 Å². The Morgan fingerprint density at radius 3 is 2.47 bits per heavy atom. The third-order valence-corrected chi connectivity index (χ3v) is 4.17. The molecule has 0 aromatic rings. The minimum absolute atomic E-state index is 0.0435. The second-order valence-electron chi connectivity index (χ2n) is 4.94. The monoisotopic (exact) mass is 263 g/mol. The van der Waals surface area contributed by atoms with E-state index in [0.29, 0.717) is 13.2 Å². The number of rotatable bonds is 7. The highest BCUT2D eigenvalue weighted by molar-refractivity contribution is 7.90. The van der Waals surface area contributed by atoms with E-state index in [2.05, 4.69) is 5.32 Å². The summed E-state index contributed by atoms with van der Waals surface area (Å²) in [6.45, 7) is 1.24. The van der Waals surface area contributed by atoms with Crippen molar-refractivity contribution in [1.82, 2.24) is 5.32 Å². The first kappa shape index (κ1) is 14.4. The second-order valence-corrected chi connectivity index (χ2v) is 7.20. The number of carbonyl (C=O) groups excluding carboxylic acids is 1. The predicted octanol–water partition coefficient (Wildman–Crippen LogP) is 0.354. The van der Waals surface area contributed by atoms with Gasteiger partial charge in [-0.05, 0) is 12.8 Å². The number of methoxy groups -OCH3 is 1. The zero-order chi connectivity index (χ0) is 12.9. The van der Waals surface area contributed by atoms with Crippen molar-refractivity contribution in [2.24, 2.45) is 5.41 Å². The van der Waals surface area contributed by atoms with Crippen LogP contribution in [0.25, 0.3) is 0 Å². The van der Waals surface area contributed by atoms with Crippen LogP contribution in [0.5, 0.6) is 0 Å². The molecule has 100 valence electrons. The standard InChI is InChI=1S/C11H21NO4S/c1-16-9-11(5-3-6-11)8-12-10(13)4-7-17(2,14)15/h3-9H2,1-2H3,(H,12,13). The summed E-state index contributed by atoms with van der Waals surface area (Å²) in [4.78, 5) is 11.5. The normalized spacial score (nSPS) is 18.5. The second kappa shape index (κ2) is 5.82. The van der Waals surface area contributed by atoms with E-state index in [4.69, 9.17) is 4.74 Å². The number of amides is 1. The maximum absolute atomic E-state index is 11.5. The van der Waals surface area contributed by atoms with Crippen LogP contribution in [-0.4, -0.2) is 46.6 Å². The molecule has 1 rings (SSSR count). The van der Waals surface area contributed by atoms with E-state index in [9.17, 15) is 13.2 Å². The lowest BCUT2D eigenvalue weighted by Gasteiger charge is -2.41. The first-order valence-electron chi connectivity index (χ1n) is 5.80. The molecule has 0 spiro atoms. The van der Waals surface area contributed by atoms with Gasteiger partial charge in [0.1, 0.15) is 9.84 Å². The lowest BCUT2D eigenvalue weighted by molar-refractivity contribution is -0.122. The van der Waals surface area contributed by atoms with Gasteiger partial charge in [-0.1, -0.05) is 6.42 Å². The van der Waals surface area contributed by atoms with E-state index in [0.717, 1.165) is 19.1 Å². The number of carbonyl (C=O) groups is 1. The van der Waals surface area contributed by atoms with E-state index in [1.54, 1.807) is 7.11 Å². The molecule has 0 radical (unpaired) electrons. The lowest BCUT2D eigenvalue weighted by Crippen LogP contribution is -2.45. The molecule has 1 N–H and O–H groups in total. The van der Waals surface area contributed by atoms with E-state index in [1.165, 1.54) is 6.42 Å². The Morgan fingerprint density at radius 1 is 1.41 bits per heavy atom. The zero-order valence-corrected chi connectivity index (χ0v) is 11.3. The van der Waals surface area contributed by atoms with Gasteiger partial charge in [-0.3, -0.25) is 4.79 Å². The fraction of sp³-hybridized carbons (Fsp3) is 0.909. The summed E-state index contributed by atoms with van der Waals surface area (Å²) >= 11 is 0.